The van der Waals surface area contributed by atoms with Crippen molar-refractivity contribution in [2.75, 3.05) is 6.79 Å². The molecule has 0 aliphatic carbocycles. The van der Waals surface area contributed by atoms with Crippen LogP contribution in [0, 0.1) is 0 Å². The molecule has 160 valence electrons. The van der Waals surface area contributed by atoms with E-state index in [9.17, 15) is 4.79 Å². The summed E-state index contributed by atoms with van der Waals surface area (Å²) in [5.41, 5.74) is 4.17. The van der Waals surface area contributed by atoms with Crippen LogP contribution in [0.4, 0.5) is 0 Å². The van der Waals surface area contributed by atoms with Crippen molar-refractivity contribution in [2.24, 2.45) is 0 Å². The first-order chi connectivity index (χ1) is 14.8. The lowest BCUT2D eigenvalue weighted by atomic mass is 9.89. The van der Waals surface area contributed by atoms with Crippen molar-refractivity contribution >= 4 is 11.9 Å². The molecule has 0 fully saturated rings. The molecule has 5 rings (SSSR count). The number of fused-ring (bicyclic) bond motifs is 4. The van der Waals surface area contributed by atoms with Gasteiger partial charge in [0.1, 0.15) is 23.2 Å². The SMILES string of the molecule is CC(C)=CCc1cc2c(c3c1OC(C)(C)C=C3)O[C@H](c1ccc3c(c1)OCO3)CC2=O. The fraction of sp³-hybridized carbons (Fsp3) is 0.346. The zero-order valence-corrected chi connectivity index (χ0v) is 18.3. The monoisotopic (exact) mass is 418 g/mol. The summed E-state index contributed by atoms with van der Waals surface area (Å²) in [6, 6.07) is 7.64. The molecule has 0 saturated heterocycles. The summed E-state index contributed by atoms with van der Waals surface area (Å²) in [7, 11) is 0. The maximum absolute atomic E-state index is 13.2. The van der Waals surface area contributed by atoms with Crippen LogP contribution in [0.2, 0.25) is 0 Å². The van der Waals surface area contributed by atoms with Crippen molar-refractivity contribution in [3.8, 4) is 23.0 Å². The highest BCUT2D eigenvalue weighted by atomic mass is 16.7. The Morgan fingerprint density at radius 3 is 2.74 bits per heavy atom. The molecule has 0 radical (unpaired) electrons. The molecule has 2 aromatic carbocycles. The number of rotatable bonds is 3. The number of hydrogen-bond donors (Lipinski definition) is 0. The van der Waals surface area contributed by atoms with Gasteiger partial charge in [-0.2, -0.15) is 0 Å². The average Bonchev–Trinajstić information content (AvgIpc) is 3.19. The van der Waals surface area contributed by atoms with Gasteiger partial charge in [-0.15, -0.1) is 0 Å². The van der Waals surface area contributed by atoms with Crippen LogP contribution in [0.25, 0.3) is 6.08 Å². The number of hydrogen-bond acceptors (Lipinski definition) is 5. The zero-order valence-electron chi connectivity index (χ0n) is 18.3. The van der Waals surface area contributed by atoms with Gasteiger partial charge < -0.3 is 18.9 Å². The highest BCUT2D eigenvalue weighted by Gasteiger charge is 2.35. The van der Waals surface area contributed by atoms with E-state index in [4.69, 9.17) is 18.9 Å². The highest BCUT2D eigenvalue weighted by molar-refractivity contribution is 6.02. The molecule has 0 bridgehead atoms. The minimum atomic E-state index is -0.420. The lowest BCUT2D eigenvalue weighted by Crippen LogP contribution is -2.29. The summed E-state index contributed by atoms with van der Waals surface area (Å²) in [6.07, 6.45) is 6.80. The van der Waals surface area contributed by atoms with Gasteiger partial charge in [0.25, 0.3) is 0 Å². The fourth-order valence-electron chi connectivity index (χ4n) is 4.14. The van der Waals surface area contributed by atoms with E-state index in [1.54, 1.807) is 0 Å². The smallest absolute Gasteiger partial charge is 0.231 e. The molecule has 31 heavy (non-hydrogen) atoms. The van der Waals surface area contributed by atoms with Gasteiger partial charge in [0.05, 0.1) is 17.5 Å². The number of ketones is 1. The minimum absolute atomic E-state index is 0.0726. The molecule has 1 atom stereocenters. The first-order valence-corrected chi connectivity index (χ1v) is 10.6. The maximum Gasteiger partial charge on any atom is 0.231 e. The normalized spacial score (nSPS) is 19.7. The third-order valence-electron chi connectivity index (χ3n) is 5.79. The van der Waals surface area contributed by atoms with Gasteiger partial charge in [0.15, 0.2) is 17.3 Å². The van der Waals surface area contributed by atoms with E-state index in [1.807, 2.05) is 50.3 Å². The second-order valence-corrected chi connectivity index (χ2v) is 9.03. The number of carbonyl (C=O) groups is 1. The second kappa shape index (κ2) is 7.19. The first-order valence-electron chi connectivity index (χ1n) is 10.6. The molecule has 3 heterocycles. The van der Waals surface area contributed by atoms with Crippen LogP contribution in [0.3, 0.4) is 0 Å². The topological polar surface area (TPSA) is 54.0 Å². The standard InChI is InChI=1S/C26H26O5/c1-15(2)5-6-17-11-19-20(27)13-22(16-7-8-21-23(12-16)29-14-28-21)30-25(19)18-9-10-26(3,4)31-24(17)18/h5,7-12,22H,6,13-14H2,1-4H3/t22-/m0/s1. The van der Waals surface area contributed by atoms with Crippen molar-refractivity contribution in [1.29, 1.82) is 0 Å². The Kier molecular flexibility index (Phi) is 4.58. The number of carbonyl (C=O) groups excluding carboxylic acids is 1. The Hall–Kier alpha value is -3.21. The zero-order chi connectivity index (χ0) is 21.8. The molecule has 0 amide bonds. The highest BCUT2D eigenvalue weighted by Crippen LogP contribution is 2.47. The van der Waals surface area contributed by atoms with Crippen LogP contribution >= 0.6 is 0 Å². The van der Waals surface area contributed by atoms with E-state index in [0.717, 1.165) is 22.4 Å². The Bertz CT molecular complexity index is 1130. The lowest BCUT2D eigenvalue weighted by molar-refractivity contribution is 0.0845. The molecule has 0 aromatic heterocycles. The van der Waals surface area contributed by atoms with Crippen LogP contribution in [0.15, 0.2) is 42.0 Å². The predicted octanol–water partition coefficient (Wildman–Crippen LogP) is 5.81. The third kappa shape index (κ3) is 3.58. The predicted molar refractivity (Wildman–Crippen MR) is 118 cm³/mol. The van der Waals surface area contributed by atoms with E-state index in [0.29, 0.717) is 29.2 Å². The van der Waals surface area contributed by atoms with Crippen LogP contribution in [-0.2, 0) is 6.42 Å². The summed E-state index contributed by atoms with van der Waals surface area (Å²) >= 11 is 0. The van der Waals surface area contributed by atoms with Gasteiger partial charge in [0, 0.05) is 0 Å². The number of benzene rings is 2. The van der Waals surface area contributed by atoms with Crippen molar-refractivity contribution < 1.29 is 23.7 Å². The van der Waals surface area contributed by atoms with Crippen molar-refractivity contribution in [3.63, 3.8) is 0 Å². The van der Waals surface area contributed by atoms with Crippen molar-refractivity contribution in [3.05, 3.63) is 64.2 Å². The molecular weight excluding hydrogens is 392 g/mol. The Morgan fingerprint density at radius 1 is 1.13 bits per heavy atom. The van der Waals surface area contributed by atoms with Gasteiger partial charge in [-0.3, -0.25) is 4.79 Å². The second-order valence-electron chi connectivity index (χ2n) is 9.03. The van der Waals surface area contributed by atoms with E-state index in [2.05, 4.69) is 19.9 Å². The molecule has 5 nitrogen and oxygen atoms in total. The molecule has 0 spiro atoms. The maximum atomic E-state index is 13.2. The molecular formula is C26H26O5. The minimum Gasteiger partial charge on any atom is -0.484 e. The summed E-state index contributed by atoms with van der Waals surface area (Å²) in [4.78, 5) is 13.2. The van der Waals surface area contributed by atoms with Crippen LogP contribution in [0.5, 0.6) is 23.0 Å². The van der Waals surface area contributed by atoms with Crippen LogP contribution in [-0.4, -0.2) is 18.2 Å². The Balaban J connectivity index is 1.58. The fourth-order valence-corrected chi connectivity index (χ4v) is 4.14. The van der Waals surface area contributed by atoms with E-state index in [1.165, 1.54) is 5.57 Å². The average molecular weight is 418 g/mol. The van der Waals surface area contributed by atoms with Gasteiger partial charge >= 0.3 is 0 Å². The molecule has 3 aliphatic rings. The molecule has 0 saturated carbocycles. The summed E-state index contributed by atoms with van der Waals surface area (Å²) in [5.74, 6) is 2.86. The van der Waals surface area contributed by atoms with Crippen molar-refractivity contribution in [1.82, 2.24) is 0 Å². The van der Waals surface area contributed by atoms with E-state index < -0.39 is 5.60 Å². The third-order valence-corrected chi connectivity index (χ3v) is 5.79. The lowest BCUT2D eigenvalue weighted by Gasteiger charge is -2.34. The van der Waals surface area contributed by atoms with Crippen LogP contribution < -0.4 is 18.9 Å². The Morgan fingerprint density at radius 2 is 1.94 bits per heavy atom. The first kappa shape index (κ1) is 19.7. The van der Waals surface area contributed by atoms with Crippen molar-refractivity contribution in [2.45, 2.75) is 52.2 Å². The summed E-state index contributed by atoms with van der Waals surface area (Å²) in [6.45, 7) is 8.40. The number of ether oxygens (including phenoxy) is 4. The Labute approximate surface area is 182 Å². The molecule has 3 aliphatic heterocycles. The molecule has 5 heteroatoms. The summed E-state index contributed by atoms with van der Waals surface area (Å²) < 4.78 is 23.7. The van der Waals surface area contributed by atoms with Gasteiger partial charge in [0.2, 0.25) is 6.79 Å². The number of Topliss-reactive ketones (excluding diaryl/α,β-unsaturated/α-hetero) is 1. The van der Waals surface area contributed by atoms with E-state index in [-0.39, 0.29) is 25.1 Å². The molecule has 2 aromatic rings. The molecule has 0 N–H and O–H groups in total. The molecule has 0 unspecified atom stereocenters. The van der Waals surface area contributed by atoms with Gasteiger partial charge in [-0.25, -0.2) is 0 Å². The van der Waals surface area contributed by atoms with Gasteiger partial charge in [-0.1, -0.05) is 17.7 Å². The van der Waals surface area contributed by atoms with Gasteiger partial charge in [-0.05, 0) is 75.6 Å². The summed E-state index contributed by atoms with van der Waals surface area (Å²) in [5, 5.41) is 0. The quantitative estimate of drug-likeness (QED) is 0.589. The van der Waals surface area contributed by atoms with Crippen LogP contribution in [0.1, 0.15) is 67.3 Å². The van der Waals surface area contributed by atoms with E-state index >= 15 is 0 Å². The largest absolute Gasteiger partial charge is 0.484 e. The number of allylic oxidation sites excluding steroid dienone is 2.